The van der Waals surface area contributed by atoms with Crippen molar-refractivity contribution in [2.45, 2.75) is 64.0 Å². The molecule has 1 spiro atoms. The molecule has 3 heterocycles. The minimum atomic E-state index is -0.618. The van der Waals surface area contributed by atoms with Crippen molar-refractivity contribution in [1.82, 2.24) is 46.1 Å². The molecule has 0 radical (unpaired) electrons. The van der Waals surface area contributed by atoms with Crippen LogP contribution >= 0.6 is 0 Å². The predicted molar refractivity (Wildman–Crippen MR) is 191 cm³/mol. The van der Waals surface area contributed by atoms with Gasteiger partial charge in [0.1, 0.15) is 11.4 Å². The van der Waals surface area contributed by atoms with E-state index in [1.54, 1.807) is 0 Å². The van der Waals surface area contributed by atoms with E-state index < -0.39 is 5.54 Å². The lowest BCUT2D eigenvalue weighted by Gasteiger charge is -2.26. The van der Waals surface area contributed by atoms with E-state index in [1.807, 2.05) is 41.3 Å². The summed E-state index contributed by atoms with van der Waals surface area (Å²) in [6.45, 7) is 2.71. The summed E-state index contributed by atoms with van der Waals surface area (Å²) >= 11 is 0. The lowest BCUT2D eigenvalue weighted by atomic mass is 9.91. The van der Waals surface area contributed by atoms with Crippen LogP contribution in [0, 0.1) is 5.92 Å². The number of aromatic amines is 2. The maximum absolute atomic E-state index is 14.3. The van der Waals surface area contributed by atoms with Crippen LogP contribution < -0.4 is 0 Å². The number of amidine groups is 1. The van der Waals surface area contributed by atoms with Gasteiger partial charge in [-0.05, 0) is 69.5 Å². The summed E-state index contributed by atoms with van der Waals surface area (Å²) in [5, 5.41) is 29.4. The molecular formula is C39H38N10O. The molecule has 1 aliphatic heterocycles. The topological polar surface area (TPSA) is 142 Å². The number of benzene rings is 4. The Hall–Kier alpha value is -5.84. The Bertz CT molecular complexity index is 2100. The van der Waals surface area contributed by atoms with Gasteiger partial charge in [0.05, 0.1) is 6.54 Å². The van der Waals surface area contributed by atoms with Crippen LogP contribution in [-0.2, 0) is 17.8 Å². The first-order valence-corrected chi connectivity index (χ1v) is 17.4. The van der Waals surface area contributed by atoms with Gasteiger partial charge in [-0.25, -0.2) is 0 Å². The van der Waals surface area contributed by atoms with E-state index in [4.69, 9.17) is 4.99 Å². The highest BCUT2D eigenvalue weighted by atomic mass is 16.2. The number of H-pyrrole nitrogens is 2. The van der Waals surface area contributed by atoms with Gasteiger partial charge in [0.15, 0.2) is 0 Å². The number of rotatable bonds is 11. The first-order chi connectivity index (χ1) is 24.6. The zero-order valence-electron chi connectivity index (χ0n) is 28.0. The molecular weight excluding hydrogens is 624 g/mol. The second-order valence-corrected chi connectivity index (χ2v) is 13.2. The van der Waals surface area contributed by atoms with Crippen LogP contribution in [0.25, 0.3) is 45.0 Å². The Morgan fingerprint density at radius 1 is 0.700 bits per heavy atom. The number of amides is 1. The molecule has 0 saturated heterocycles. The van der Waals surface area contributed by atoms with Crippen molar-refractivity contribution >= 4 is 11.7 Å². The molecule has 1 amide bonds. The first-order valence-electron chi connectivity index (χ1n) is 17.4. The Balaban J connectivity index is 1.05. The molecule has 1 unspecified atom stereocenters. The number of hydrogen-bond donors (Lipinski definition) is 2. The fraction of sp³-hybridized carbons (Fsp3) is 0.282. The highest BCUT2D eigenvalue weighted by molar-refractivity contribution is 6.09. The van der Waals surface area contributed by atoms with Crippen LogP contribution in [0.5, 0.6) is 0 Å². The smallest absolute Gasteiger partial charge is 0.256 e. The second-order valence-electron chi connectivity index (χ2n) is 13.2. The number of carbonyl (C=O) groups excluding carboxylic acids is 1. The summed E-state index contributed by atoms with van der Waals surface area (Å²) in [5.41, 5.74) is 7.73. The summed E-state index contributed by atoms with van der Waals surface area (Å²) in [5.74, 6) is 2.35. The fourth-order valence-corrected chi connectivity index (χ4v) is 7.59. The van der Waals surface area contributed by atoms with Gasteiger partial charge in [0.2, 0.25) is 11.6 Å². The van der Waals surface area contributed by atoms with Crippen LogP contribution in [0.2, 0.25) is 0 Å². The monoisotopic (exact) mass is 662 g/mol. The lowest BCUT2D eigenvalue weighted by molar-refractivity contribution is -0.131. The molecule has 1 saturated carbocycles. The third kappa shape index (κ3) is 5.99. The van der Waals surface area contributed by atoms with Crippen LogP contribution in [0.15, 0.2) is 102 Å². The second kappa shape index (κ2) is 13.6. The zero-order valence-corrected chi connectivity index (χ0v) is 28.0. The summed E-state index contributed by atoms with van der Waals surface area (Å²) in [4.78, 5) is 21.6. The van der Waals surface area contributed by atoms with Gasteiger partial charge < -0.3 is 0 Å². The van der Waals surface area contributed by atoms with Crippen molar-refractivity contribution in [2.24, 2.45) is 10.9 Å². The van der Waals surface area contributed by atoms with Crippen molar-refractivity contribution < 1.29 is 4.79 Å². The summed E-state index contributed by atoms with van der Waals surface area (Å²) in [7, 11) is 0. The van der Waals surface area contributed by atoms with Gasteiger partial charge in [-0.2, -0.15) is 10.4 Å². The van der Waals surface area contributed by atoms with E-state index in [0.717, 1.165) is 89.7 Å². The maximum atomic E-state index is 14.3. The quantitative estimate of drug-likeness (QED) is 0.151. The molecule has 8 rings (SSSR count). The van der Waals surface area contributed by atoms with Crippen LogP contribution in [0.3, 0.4) is 0 Å². The number of carbonyl (C=O) groups is 1. The van der Waals surface area contributed by atoms with Gasteiger partial charge in [0.25, 0.3) is 5.91 Å². The fourth-order valence-electron chi connectivity index (χ4n) is 7.59. The number of tetrazole rings is 2. The van der Waals surface area contributed by atoms with E-state index in [9.17, 15) is 4.79 Å². The Morgan fingerprint density at radius 2 is 1.22 bits per heavy atom. The largest absolute Gasteiger partial charge is 0.294 e. The van der Waals surface area contributed by atoms with Crippen molar-refractivity contribution in [1.29, 1.82) is 0 Å². The van der Waals surface area contributed by atoms with Crippen molar-refractivity contribution in [3.05, 3.63) is 108 Å². The third-order valence-corrected chi connectivity index (χ3v) is 10.1. The summed E-state index contributed by atoms with van der Waals surface area (Å²) < 4.78 is 0. The molecule has 0 bridgehead atoms. The van der Waals surface area contributed by atoms with E-state index in [-0.39, 0.29) is 11.8 Å². The molecule has 1 atom stereocenters. The van der Waals surface area contributed by atoms with Crippen molar-refractivity contribution in [2.75, 3.05) is 0 Å². The maximum Gasteiger partial charge on any atom is 0.256 e. The number of hydrogen-bond acceptors (Lipinski definition) is 8. The number of aliphatic imine (C=N–C) groups is 1. The predicted octanol–water partition coefficient (Wildman–Crippen LogP) is 7.09. The molecule has 2 N–H and O–H groups in total. The molecule has 1 fully saturated rings. The highest BCUT2D eigenvalue weighted by Crippen LogP contribution is 2.42. The number of aromatic nitrogens is 8. The Morgan fingerprint density at radius 3 is 1.72 bits per heavy atom. The van der Waals surface area contributed by atoms with Crippen molar-refractivity contribution in [3.8, 4) is 45.0 Å². The minimum Gasteiger partial charge on any atom is -0.294 e. The highest BCUT2D eigenvalue weighted by Gasteiger charge is 2.50. The van der Waals surface area contributed by atoms with Gasteiger partial charge in [-0.3, -0.25) is 14.7 Å². The van der Waals surface area contributed by atoms with E-state index in [2.05, 4.69) is 109 Å². The van der Waals surface area contributed by atoms with Gasteiger partial charge in [0, 0.05) is 17.0 Å². The van der Waals surface area contributed by atoms with E-state index in [0.29, 0.717) is 18.2 Å². The Labute approximate surface area is 290 Å². The molecule has 50 heavy (non-hydrogen) atoms. The molecule has 2 aliphatic rings. The van der Waals surface area contributed by atoms with Crippen LogP contribution in [0.4, 0.5) is 0 Å². The molecule has 1 aliphatic carbocycles. The zero-order chi connectivity index (χ0) is 33.9. The van der Waals surface area contributed by atoms with Crippen LogP contribution in [0.1, 0.15) is 56.6 Å². The molecule has 11 nitrogen and oxygen atoms in total. The summed E-state index contributed by atoms with van der Waals surface area (Å²) in [6, 6.07) is 33.3. The molecule has 2 aromatic heterocycles. The lowest BCUT2D eigenvalue weighted by Crippen LogP contribution is -2.42. The Kier molecular flexibility index (Phi) is 8.54. The minimum absolute atomic E-state index is 0.127. The number of nitrogens with one attached hydrogen (secondary N) is 2. The molecule has 250 valence electrons. The van der Waals surface area contributed by atoms with Gasteiger partial charge in [-0.15, -0.1) is 20.4 Å². The van der Waals surface area contributed by atoms with Gasteiger partial charge in [-0.1, -0.05) is 123 Å². The normalized spacial score (nSPS) is 15.9. The number of nitrogens with zero attached hydrogens (tertiary/aromatic N) is 8. The van der Waals surface area contributed by atoms with Crippen molar-refractivity contribution in [3.63, 3.8) is 0 Å². The average Bonchev–Trinajstić information content (AvgIpc) is 4.00. The standard InChI is InChI=1S/C39H38N10O/c1-2-9-30(24-26-14-18-28(19-15-26)31-10-3-5-12-33(31)35-41-45-46-42-35)37-40-39(22-7-8-23-39)38(50)49(37)25-27-16-20-29(21-17-27)32-11-4-6-13-34(32)36-43-47-48-44-36/h3-6,10-21,30H,2,7-9,22-25H2,1H3,(H,41,42,45,46)(H,43,44,47,48). The molecule has 11 heteroatoms. The average molecular weight is 663 g/mol. The van der Waals surface area contributed by atoms with Crippen LogP contribution in [-0.4, -0.2) is 63.4 Å². The van der Waals surface area contributed by atoms with E-state index in [1.165, 1.54) is 5.56 Å². The molecule has 6 aromatic rings. The van der Waals surface area contributed by atoms with Gasteiger partial charge >= 0.3 is 0 Å². The van der Waals surface area contributed by atoms with E-state index >= 15 is 0 Å². The summed E-state index contributed by atoms with van der Waals surface area (Å²) in [6.07, 6.45) is 6.49. The SMILES string of the molecule is CCCC(Cc1ccc(-c2ccccc2-c2nn[nH]n2)cc1)C1=NC2(CCCC2)C(=O)N1Cc1ccc(-c2ccccc2-c2nn[nH]n2)cc1. The first kappa shape index (κ1) is 31.4. The third-order valence-electron chi connectivity index (χ3n) is 10.1. The molecule has 4 aromatic carbocycles.